The molecule has 2 amide bonds. The van der Waals surface area contributed by atoms with Crippen LogP contribution < -0.4 is 5.73 Å². The van der Waals surface area contributed by atoms with Gasteiger partial charge in [-0.25, -0.2) is 9.07 Å². The van der Waals surface area contributed by atoms with E-state index in [2.05, 4.69) is 10.3 Å². The highest BCUT2D eigenvalue weighted by molar-refractivity contribution is 6.30. The maximum absolute atomic E-state index is 13.6. The number of halogens is 2. The molecule has 2 N–H and O–H groups in total. The Bertz CT molecular complexity index is 1050. The molecule has 0 saturated carbocycles. The van der Waals surface area contributed by atoms with E-state index in [-0.39, 0.29) is 11.3 Å². The number of hydrogen-bond acceptors (Lipinski definition) is 4. The van der Waals surface area contributed by atoms with Crippen LogP contribution in [0.15, 0.2) is 48.5 Å². The van der Waals surface area contributed by atoms with E-state index in [1.807, 2.05) is 0 Å². The van der Waals surface area contributed by atoms with Gasteiger partial charge >= 0.3 is 0 Å². The van der Waals surface area contributed by atoms with Gasteiger partial charge in [-0.1, -0.05) is 35.0 Å². The molecular weight excluding hydrogens is 385 g/mol. The standard InChI is InChI=1S/C19H17ClFN5O2/c1-11-16(23-24-26(11)15-8-4-6-13(20)10-15)19(28)25(2)17(18(22)27)12-5-3-7-14(21)9-12/h3-10,17H,1-2H3,(H2,22,27). The molecule has 0 fully saturated rings. The Labute approximate surface area is 165 Å². The fourth-order valence-electron chi connectivity index (χ4n) is 2.92. The molecule has 0 radical (unpaired) electrons. The van der Waals surface area contributed by atoms with Crippen molar-refractivity contribution in [1.29, 1.82) is 0 Å². The normalized spacial score (nSPS) is 11.9. The van der Waals surface area contributed by atoms with Gasteiger partial charge in [-0.05, 0) is 42.8 Å². The van der Waals surface area contributed by atoms with E-state index >= 15 is 0 Å². The number of carbonyl (C=O) groups excluding carboxylic acids is 2. The Hall–Kier alpha value is -3.26. The van der Waals surface area contributed by atoms with Crippen LogP contribution in [0.2, 0.25) is 5.02 Å². The van der Waals surface area contributed by atoms with Gasteiger partial charge in [-0.15, -0.1) is 5.10 Å². The molecule has 3 rings (SSSR count). The molecule has 2 aromatic carbocycles. The van der Waals surface area contributed by atoms with Crippen molar-refractivity contribution in [1.82, 2.24) is 19.9 Å². The summed E-state index contributed by atoms with van der Waals surface area (Å²) in [6.45, 7) is 1.67. The van der Waals surface area contributed by atoms with Crippen molar-refractivity contribution in [2.24, 2.45) is 5.73 Å². The minimum atomic E-state index is -1.15. The van der Waals surface area contributed by atoms with Gasteiger partial charge in [-0.3, -0.25) is 9.59 Å². The summed E-state index contributed by atoms with van der Waals surface area (Å²) in [4.78, 5) is 26.1. The van der Waals surface area contributed by atoms with E-state index in [0.29, 0.717) is 16.4 Å². The van der Waals surface area contributed by atoms with Crippen molar-refractivity contribution in [3.8, 4) is 5.69 Å². The quantitative estimate of drug-likeness (QED) is 0.711. The molecule has 0 saturated heterocycles. The first kappa shape index (κ1) is 19.5. The highest BCUT2D eigenvalue weighted by atomic mass is 35.5. The maximum Gasteiger partial charge on any atom is 0.277 e. The molecule has 3 aromatic rings. The van der Waals surface area contributed by atoms with E-state index in [4.69, 9.17) is 17.3 Å². The second kappa shape index (κ2) is 7.77. The Morgan fingerprint density at radius 2 is 1.93 bits per heavy atom. The zero-order valence-corrected chi connectivity index (χ0v) is 15.9. The zero-order chi connectivity index (χ0) is 20.4. The minimum Gasteiger partial charge on any atom is -0.368 e. The topological polar surface area (TPSA) is 94.1 Å². The average molecular weight is 402 g/mol. The fourth-order valence-corrected chi connectivity index (χ4v) is 3.10. The van der Waals surface area contributed by atoms with Gasteiger partial charge in [0.2, 0.25) is 5.91 Å². The first-order chi connectivity index (χ1) is 13.3. The molecule has 144 valence electrons. The van der Waals surface area contributed by atoms with E-state index in [0.717, 1.165) is 11.0 Å². The smallest absolute Gasteiger partial charge is 0.277 e. The van der Waals surface area contributed by atoms with Crippen LogP contribution in [0, 0.1) is 12.7 Å². The molecular formula is C19H17ClFN5O2. The van der Waals surface area contributed by atoms with Gasteiger partial charge in [0.1, 0.15) is 11.9 Å². The van der Waals surface area contributed by atoms with E-state index < -0.39 is 23.7 Å². The molecule has 1 atom stereocenters. The predicted octanol–water partition coefficient (Wildman–Crippen LogP) is 2.67. The molecule has 28 heavy (non-hydrogen) atoms. The van der Waals surface area contributed by atoms with Gasteiger partial charge in [0.25, 0.3) is 5.91 Å². The largest absolute Gasteiger partial charge is 0.368 e. The van der Waals surface area contributed by atoms with Crippen LogP contribution in [0.1, 0.15) is 27.8 Å². The van der Waals surface area contributed by atoms with E-state index in [1.165, 1.54) is 29.9 Å². The Morgan fingerprint density at radius 3 is 2.57 bits per heavy atom. The first-order valence-corrected chi connectivity index (χ1v) is 8.67. The first-order valence-electron chi connectivity index (χ1n) is 8.29. The van der Waals surface area contributed by atoms with Gasteiger partial charge in [0, 0.05) is 12.1 Å². The zero-order valence-electron chi connectivity index (χ0n) is 15.1. The van der Waals surface area contributed by atoms with Crippen LogP contribution >= 0.6 is 11.6 Å². The Morgan fingerprint density at radius 1 is 1.21 bits per heavy atom. The average Bonchev–Trinajstić information content (AvgIpc) is 3.02. The number of rotatable bonds is 5. The van der Waals surface area contributed by atoms with Crippen molar-refractivity contribution < 1.29 is 14.0 Å². The number of likely N-dealkylation sites (N-methyl/N-ethyl adjacent to an activating group) is 1. The number of primary amides is 1. The van der Waals surface area contributed by atoms with Gasteiger partial charge in [0.05, 0.1) is 11.4 Å². The van der Waals surface area contributed by atoms with Gasteiger partial charge in [-0.2, -0.15) is 0 Å². The molecule has 0 aliphatic carbocycles. The number of carbonyl (C=O) groups is 2. The number of amides is 2. The summed E-state index contributed by atoms with van der Waals surface area (Å²) < 4.78 is 15.0. The fraction of sp³-hybridized carbons (Fsp3) is 0.158. The number of aromatic nitrogens is 3. The molecule has 7 nitrogen and oxygen atoms in total. The van der Waals surface area contributed by atoms with Crippen LogP contribution in [0.5, 0.6) is 0 Å². The Kier molecular flexibility index (Phi) is 5.41. The molecule has 1 unspecified atom stereocenters. The SMILES string of the molecule is Cc1c(C(=O)N(C)C(C(N)=O)c2cccc(F)c2)nnn1-c1cccc(Cl)c1. The summed E-state index contributed by atoms with van der Waals surface area (Å²) in [5, 5.41) is 8.47. The second-order valence-electron chi connectivity index (χ2n) is 6.19. The molecule has 1 heterocycles. The summed E-state index contributed by atoms with van der Waals surface area (Å²) in [6.07, 6.45) is 0. The van der Waals surface area contributed by atoms with Gasteiger partial charge in [0.15, 0.2) is 5.69 Å². The maximum atomic E-state index is 13.6. The number of hydrogen-bond donors (Lipinski definition) is 1. The summed E-state index contributed by atoms with van der Waals surface area (Å²) >= 11 is 6.01. The molecule has 0 bridgehead atoms. The summed E-state index contributed by atoms with van der Waals surface area (Å²) in [5.74, 6) is -1.90. The van der Waals surface area contributed by atoms with Crippen LogP contribution in [-0.4, -0.2) is 38.8 Å². The van der Waals surface area contributed by atoms with Crippen molar-refractivity contribution >= 4 is 23.4 Å². The Balaban J connectivity index is 1.96. The number of nitrogens with two attached hydrogens (primary N) is 1. The number of benzene rings is 2. The van der Waals surface area contributed by atoms with Crippen molar-refractivity contribution in [3.63, 3.8) is 0 Å². The second-order valence-corrected chi connectivity index (χ2v) is 6.63. The lowest BCUT2D eigenvalue weighted by Crippen LogP contribution is -2.39. The van der Waals surface area contributed by atoms with Crippen molar-refractivity contribution in [2.45, 2.75) is 13.0 Å². The van der Waals surface area contributed by atoms with Crippen molar-refractivity contribution in [3.05, 3.63) is 76.3 Å². The lowest BCUT2D eigenvalue weighted by atomic mass is 10.0. The molecule has 1 aromatic heterocycles. The third-order valence-corrected chi connectivity index (χ3v) is 4.53. The van der Waals surface area contributed by atoms with E-state index in [1.54, 1.807) is 31.2 Å². The van der Waals surface area contributed by atoms with Crippen LogP contribution in [0.25, 0.3) is 5.69 Å². The highest BCUT2D eigenvalue weighted by Gasteiger charge is 2.30. The third kappa shape index (κ3) is 3.72. The van der Waals surface area contributed by atoms with E-state index in [9.17, 15) is 14.0 Å². The van der Waals surface area contributed by atoms with Gasteiger partial charge < -0.3 is 10.6 Å². The predicted molar refractivity (Wildman–Crippen MR) is 102 cm³/mol. The molecule has 0 aliphatic rings. The highest BCUT2D eigenvalue weighted by Crippen LogP contribution is 2.23. The molecule has 9 heteroatoms. The van der Waals surface area contributed by atoms with Crippen molar-refractivity contribution in [2.75, 3.05) is 7.05 Å². The summed E-state index contributed by atoms with van der Waals surface area (Å²) in [5.41, 5.74) is 6.88. The minimum absolute atomic E-state index is 0.0464. The van der Waals surface area contributed by atoms with Crippen LogP contribution in [0.3, 0.4) is 0 Å². The lowest BCUT2D eigenvalue weighted by Gasteiger charge is -2.25. The monoisotopic (exact) mass is 401 g/mol. The number of nitrogens with zero attached hydrogens (tertiary/aromatic N) is 4. The molecule has 0 aliphatic heterocycles. The lowest BCUT2D eigenvalue weighted by molar-refractivity contribution is -0.122. The van der Waals surface area contributed by atoms with Crippen LogP contribution in [0.4, 0.5) is 4.39 Å². The summed E-state index contributed by atoms with van der Waals surface area (Å²) in [6, 6.07) is 11.1. The van der Waals surface area contributed by atoms with Crippen LogP contribution in [-0.2, 0) is 4.79 Å². The molecule has 0 spiro atoms. The third-order valence-electron chi connectivity index (χ3n) is 4.29. The summed E-state index contributed by atoms with van der Waals surface area (Å²) in [7, 11) is 1.40.